The van der Waals surface area contributed by atoms with Gasteiger partial charge in [-0.25, -0.2) is 4.39 Å². The molecule has 0 aliphatic rings. The summed E-state index contributed by atoms with van der Waals surface area (Å²) >= 11 is 8.86. The van der Waals surface area contributed by atoms with Gasteiger partial charge in [0, 0.05) is 11.0 Å². The second-order valence-electron chi connectivity index (χ2n) is 3.66. The van der Waals surface area contributed by atoms with Gasteiger partial charge >= 0.3 is 0 Å². The summed E-state index contributed by atoms with van der Waals surface area (Å²) in [7, 11) is 0. The number of hydrogen-bond acceptors (Lipinski definition) is 3. The molecular formula is C12H8BrClFN3O. The van der Waals surface area contributed by atoms with Gasteiger partial charge < -0.3 is 5.32 Å². The van der Waals surface area contributed by atoms with Crippen molar-refractivity contribution in [2.45, 2.75) is 6.54 Å². The Balaban J connectivity index is 2.04. The fraction of sp³-hybridized carbons (Fsp3) is 0.0833. The molecule has 0 saturated carbocycles. The second-order valence-corrected chi connectivity index (χ2v) is 4.90. The molecule has 1 amide bonds. The lowest BCUT2D eigenvalue weighted by Gasteiger charge is -2.06. The summed E-state index contributed by atoms with van der Waals surface area (Å²) in [5, 5.41) is 10.1. The zero-order valence-electron chi connectivity index (χ0n) is 9.53. The van der Waals surface area contributed by atoms with Crippen LogP contribution in [-0.2, 0) is 6.54 Å². The predicted molar refractivity (Wildman–Crippen MR) is 72.3 cm³/mol. The molecule has 0 radical (unpaired) electrons. The average Bonchev–Trinajstić information content (AvgIpc) is 2.40. The summed E-state index contributed by atoms with van der Waals surface area (Å²) < 4.78 is 13.8. The lowest BCUT2D eigenvalue weighted by Crippen LogP contribution is -2.24. The van der Waals surface area contributed by atoms with E-state index < -0.39 is 5.91 Å². The van der Waals surface area contributed by atoms with Crippen LogP contribution >= 0.6 is 27.5 Å². The fourth-order valence-corrected chi connectivity index (χ4v) is 1.87. The van der Waals surface area contributed by atoms with E-state index >= 15 is 0 Å². The molecule has 19 heavy (non-hydrogen) atoms. The fourth-order valence-electron chi connectivity index (χ4n) is 1.38. The smallest absolute Gasteiger partial charge is 0.272 e. The number of halogens is 3. The Morgan fingerprint density at radius 2 is 2.11 bits per heavy atom. The van der Waals surface area contributed by atoms with E-state index in [1.807, 2.05) is 0 Å². The number of nitrogens with one attached hydrogen (secondary N) is 1. The summed E-state index contributed by atoms with van der Waals surface area (Å²) in [5.74, 6) is -0.765. The lowest BCUT2D eigenvalue weighted by atomic mass is 10.2. The predicted octanol–water partition coefficient (Wildman–Crippen LogP) is 2.96. The van der Waals surface area contributed by atoms with Gasteiger partial charge in [-0.2, -0.15) is 0 Å². The van der Waals surface area contributed by atoms with Crippen molar-refractivity contribution in [2.24, 2.45) is 0 Å². The zero-order chi connectivity index (χ0) is 13.8. The highest BCUT2D eigenvalue weighted by Gasteiger charge is 2.09. The number of nitrogens with zero attached hydrogens (tertiary/aromatic N) is 2. The molecule has 0 aliphatic carbocycles. The van der Waals surface area contributed by atoms with E-state index in [2.05, 4.69) is 31.4 Å². The van der Waals surface area contributed by atoms with E-state index in [4.69, 9.17) is 11.6 Å². The second kappa shape index (κ2) is 6.08. The van der Waals surface area contributed by atoms with Gasteiger partial charge in [0.05, 0.1) is 0 Å². The molecule has 7 heteroatoms. The summed E-state index contributed by atoms with van der Waals surface area (Å²) in [6, 6.07) is 7.20. The van der Waals surface area contributed by atoms with Crippen LogP contribution in [-0.4, -0.2) is 16.1 Å². The van der Waals surface area contributed by atoms with Gasteiger partial charge in [0.15, 0.2) is 10.8 Å². The molecule has 1 heterocycles. The van der Waals surface area contributed by atoms with Crippen LogP contribution in [0.2, 0.25) is 5.15 Å². The van der Waals surface area contributed by atoms with Gasteiger partial charge in [-0.3, -0.25) is 4.79 Å². The lowest BCUT2D eigenvalue weighted by molar-refractivity contribution is 0.0944. The maximum absolute atomic E-state index is 13.1. The Labute approximate surface area is 122 Å². The van der Waals surface area contributed by atoms with Crippen molar-refractivity contribution in [1.29, 1.82) is 0 Å². The quantitative estimate of drug-likeness (QED) is 0.931. The molecule has 0 spiro atoms. The SMILES string of the molecule is O=C(NCc1cc(F)ccc1Br)c1ccc(Cl)nn1. The molecule has 1 N–H and O–H groups in total. The Hall–Kier alpha value is -1.53. The number of benzene rings is 1. The highest BCUT2D eigenvalue weighted by molar-refractivity contribution is 9.10. The van der Waals surface area contributed by atoms with Gasteiger partial charge in [-0.15, -0.1) is 10.2 Å². The summed E-state index contributed by atoms with van der Waals surface area (Å²) in [6.45, 7) is 0.182. The number of aromatic nitrogens is 2. The molecule has 0 atom stereocenters. The number of amides is 1. The molecule has 0 aliphatic heterocycles. The Bertz CT molecular complexity index is 606. The van der Waals surface area contributed by atoms with Crippen molar-refractivity contribution < 1.29 is 9.18 Å². The highest BCUT2D eigenvalue weighted by atomic mass is 79.9. The normalized spacial score (nSPS) is 10.3. The monoisotopic (exact) mass is 343 g/mol. The molecule has 2 rings (SSSR count). The van der Waals surface area contributed by atoms with Crippen molar-refractivity contribution in [3.63, 3.8) is 0 Å². The largest absolute Gasteiger partial charge is 0.347 e. The first-order valence-corrected chi connectivity index (χ1v) is 6.45. The molecule has 4 nitrogen and oxygen atoms in total. The van der Waals surface area contributed by atoms with Crippen molar-refractivity contribution in [3.05, 3.63) is 57.0 Å². The topological polar surface area (TPSA) is 54.9 Å². The summed E-state index contributed by atoms with van der Waals surface area (Å²) in [5.41, 5.74) is 0.784. The maximum Gasteiger partial charge on any atom is 0.272 e. The van der Waals surface area contributed by atoms with Gasteiger partial charge in [0.1, 0.15) is 5.82 Å². The van der Waals surface area contributed by atoms with Crippen LogP contribution in [0.3, 0.4) is 0 Å². The van der Waals surface area contributed by atoms with Crippen LogP contribution < -0.4 is 5.32 Å². The van der Waals surface area contributed by atoms with Crippen LogP contribution in [0, 0.1) is 5.82 Å². The first-order chi connectivity index (χ1) is 9.06. The van der Waals surface area contributed by atoms with Crippen LogP contribution in [0.15, 0.2) is 34.8 Å². The van der Waals surface area contributed by atoms with E-state index in [9.17, 15) is 9.18 Å². The van der Waals surface area contributed by atoms with E-state index in [0.29, 0.717) is 5.56 Å². The van der Waals surface area contributed by atoms with Gasteiger partial charge in [0.25, 0.3) is 5.91 Å². The van der Waals surface area contributed by atoms with Crippen LogP contribution in [0.4, 0.5) is 4.39 Å². The third kappa shape index (κ3) is 3.71. The van der Waals surface area contributed by atoms with Crippen molar-refractivity contribution in [2.75, 3.05) is 0 Å². The minimum atomic E-state index is -0.402. The third-order valence-electron chi connectivity index (χ3n) is 2.31. The third-order valence-corrected chi connectivity index (χ3v) is 3.29. The minimum absolute atomic E-state index is 0.150. The molecular weight excluding hydrogens is 337 g/mol. The molecule has 0 saturated heterocycles. The van der Waals surface area contributed by atoms with Crippen LogP contribution in [0.1, 0.15) is 16.1 Å². The molecule has 1 aromatic carbocycles. The van der Waals surface area contributed by atoms with E-state index in [1.54, 1.807) is 6.07 Å². The number of rotatable bonds is 3. The molecule has 0 fully saturated rings. The highest BCUT2D eigenvalue weighted by Crippen LogP contribution is 2.17. The number of hydrogen-bond donors (Lipinski definition) is 1. The maximum atomic E-state index is 13.1. The van der Waals surface area contributed by atoms with Gasteiger partial charge in [-0.05, 0) is 35.9 Å². The Morgan fingerprint density at radius 3 is 2.79 bits per heavy atom. The van der Waals surface area contributed by atoms with Crippen molar-refractivity contribution in [3.8, 4) is 0 Å². The Morgan fingerprint density at radius 1 is 1.32 bits per heavy atom. The number of carbonyl (C=O) groups is 1. The average molecular weight is 345 g/mol. The van der Waals surface area contributed by atoms with Crippen LogP contribution in [0.25, 0.3) is 0 Å². The molecule has 98 valence electrons. The molecule has 1 aromatic heterocycles. The standard InChI is InChI=1S/C12H8BrClFN3O/c13-9-2-1-8(15)5-7(9)6-16-12(19)10-3-4-11(14)18-17-10/h1-5H,6H2,(H,16,19). The van der Waals surface area contributed by atoms with E-state index in [0.717, 1.165) is 4.47 Å². The van der Waals surface area contributed by atoms with Crippen molar-refractivity contribution in [1.82, 2.24) is 15.5 Å². The molecule has 0 unspecified atom stereocenters. The first kappa shape index (κ1) is 13.9. The molecule has 0 bridgehead atoms. The summed E-state index contributed by atoms with van der Waals surface area (Å²) in [4.78, 5) is 11.8. The van der Waals surface area contributed by atoms with Crippen LogP contribution in [0.5, 0.6) is 0 Å². The summed E-state index contributed by atoms with van der Waals surface area (Å²) in [6.07, 6.45) is 0. The Kier molecular flexibility index (Phi) is 4.44. The van der Waals surface area contributed by atoms with Gasteiger partial charge in [-0.1, -0.05) is 27.5 Å². The minimum Gasteiger partial charge on any atom is -0.347 e. The zero-order valence-corrected chi connectivity index (χ0v) is 11.9. The first-order valence-electron chi connectivity index (χ1n) is 5.27. The number of carbonyl (C=O) groups excluding carboxylic acids is 1. The van der Waals surface area contributed by atoms with Crippen molar-refractivity contribution >= 4 is 33.4 Å². The molecule has 2 aromatic rings. The van der Waals surface area contributed by atoms with E-state index in [-0.39, 0.29) is 23.2 Å². The van der Waals surface area contributed by atoms with E-state index in [1.165, 1.54) is 24.3 Å². The van der Waals surface area contributed by atoms with Gasteiger partial charge in [0.2, 0.25) is 0 Å².